The SMILES string of the molecule is CCC(C)C(N)C(=O)NCCCN1CCC(C)CC1.Cl. The summed E-state index contributed by atoms with van der Waals surface area (Å²) in [5.74, 6) is 1.13. The van der Waals surface area contributed by atoms with E-state index < -0.39 is 0 Å². The fourth-order valence-electron chi connectivity index (χ4n) is 2.43. The van der Waals surface area contributed by atoms with Crippen molar-refractivity contribution in [3.63, 3.8) is 0 Å². The second kappa shape index (κ2) is 10.4. The highest BCUT2D eigenvalue weighted by Gasteiger charge is 2.19. The number of nitrogens with zero attached hydrogens (tertiary/aromatic N) is 1. The molecule has 1 heterocycles. The molecule has 1 saturated heterocycles. The Morgan fingerprint density at radius 1 is 1.40 bits per heavy atom. The second-order valence-electron chi connectivity index (χ2n) is 6.08. The van der Waals surface area contributed by atoms with Crippen LogP contribution in [0.5, 0.6) is 0 Å². The van der Waals surface area contributed by atoms with Crippen LogP contribution >= 0.6 is 12.4 Å². The molecule has 0 aromatic heterocycles. The van der Waals surface area contributed by atoms with Crippen molar-refractivity contribution in [3.05, 3.63) is 0 Å². The number of nitrogens with two attached hydrogens (primary N) is 1. The van der Waals surface area contributed by atoms with Crippen LogP contribution in [0, 0.1) is 11.8 Å². The van der Waals surface area contributed by atoms with Crippen LogP contribution in [0.3, 0.4) is 0 Å². The van der Waals surface area contributed by atoms with E-state index in [1.807, 2.05) is 6.92 Å². The van der Waals surface area contributed by atoms with Gasteiger partial charge in [0.25, 0.3) is 0 Å². The Morgan fingerprint density at radius 2 is 2.00 bits per heavy atom. The van der Waals surface area contributed by atoms with Crippen molar-refractivity contribution < 1.29 is 4.79 Å². The molecule has 0 aromatic rings. The summed E-state index contributed by atoms with van der Waals surface area (Å²) in [7, 11) is 0. The lowest BCUT2D eigenvalue weighted by Gasteiger charge is -2.30. The lowest BCUT2D eigenvalue weighted by Crippen LogP contribution is -2.45. The number of halogens is 1. The summed E-state index contributed by atoms with van der Waals surface area (Å²) in [5, 5.41) is 2.96. The molecule has 20 heavy (non-hydrogen) atoms. The maximum atomic E-state index is 11.8. The third-order valence-corrected chi connectivity index (χ3v) is 4.39. The molecule has 0 aromatic carbocycles. The van der Waals surface area contributed by atoms with E-state index in [0.717, 1.165) is 31.8 Å². The van der Waals surface area contributed by atoms with Crippen LogP contribution in [0.2, 0.25) is 0 Å². The highest BCUT2D eigenvalue weighted by Crippen LogP contribution is 2.15. The minimum absolute atomic E-state index is 0. The average Bonchev–Trinajstić information content (AvgIpc) is 2.43. The summed E-state index contributed by atoms with van der Waals surface area (Å²) in [5.41, 5.74) is 5.89. The zero-order valence-electron chi connectivity index (χ0n) is 13.2. The molecule has 0 aliphatic carbocycles. The molecule has 0 bridgehead atoms. The quantitative estimate of drug-likeness (QED) is 0.708. The minimum atomic E-state index is -0.360. The molecular formula is C15H32ClN3O. The van der Waals surface area contributed by atoms with Crippen molar-refractivity contribution in [2.45, 2.75) is 52.5 Å². The van der Waals surface area contributed by atoms with Gasteiger partial charge in [-0.05, 0) is 50.7 Å². The van der Waals surface area contributed by atoms with E-state index in [1.165, 1.54) is 25.9 Å². The highest BCUT2D eigenvalue weighted by atomic mass is 35.5. The summed E-state index contributed by atoms with van der Waals surface area (Å²) in [6.45, 7) is 10.7. The average molecular weight is 306 g/mol. The molecule has 1 amide bonds. The monoisotopic (exact) mass is 305 g/mol. The van der Waals surface area contributed by atoms with Crippen LogP contribution in [0.25, 0.3) is 0 Å². The van der Waals surface area contributed by atoms with Gasteiger partial charge >= 0.3 is 0 Å². The third kappa shape index (κ3) is 6.91. The normalized spacial score (nSPS) is 20.0. The minimum Gasteiger partial charge on any atom is -0.355 e. The van der Waals surface area contributed by atoms with Gasteiger partial charge in [0.1, 0.15) is 0 Å². The molecule has 0 spiro atoms. The summed E-state index contributed by atoms with van der Waals surface area (Å²) < 4.78 is 0. The molecule has 5 heteroatoms. The molecule has 1 aliphatic rings. The largest absolute Gasteiger partial charge is 0.355 e. The molecular weight excluding hydrogens is 274 g/mol. The van der Waals surface area contributed by atoms with E-state index in [9.17, 15) is 4.79 Å². The number of rotatable bonds is 7. The van der Waals surface area contributed by atoms with Gasteiger partial charge in [-0.25, -0.2) is 0 Å². The van der Waals surface area contributed by atoms with Gasteiger partial charge in [0.15, 0.2) is 0 Å². The summed E-state index contributed by atoms with van der Waals surface area (Å²) in [6.07, 6.45) is 4.59. The highest BCUT2D eigenvalue weighted by molar-refractivity contribution is 5.85. The van der Waals surface area contributed by atoms with Gasteiger partial charge in [-0.3, -0.25) is 4.79 Å². The van der Waals surface area contributed by atoms with Gasteiger partial charge < -0.3 is 16.0 Å². The van der Waals surface area contributed by atoms with E-state index in [2.05, 4.69) is 24.1 Å². The van der Waals surface area contributed by atoms with E-state index in [-0.39, 0.29) is 30.3 Å². The van der Waals surface area contributed by atoms with Crippen molar-refractivity contribution in [2.24, 2.45) is 17.6 Å². The smallest absolute Gasteiger partial charge is 0.237 e. The first-order chi connectivity index (χ1) is 9.04. The Labute approximate surface area is 130 Å². The van der Waals surface area contributed by atoms with E-state index in [0.29, 0.717) is 0 Å². The topological polar surface area (TPSA) is 58.4 Å². The Morgan fingerprint density at radius 3 is 2.55 bits per heavy atom. The summed E-state index contributed by atoms with van der Waals surface area (Å²) in [6, 6.07) is -0.360. The van der Waals surface area contributed by atoms with Crippen LogP contribution in [0.4, 0.5) is 0 Å². The molecule has 0 saturated carbocycles. The molecule has 120 valence electrons. The van der Waals surface area contributed by atoms with Gasteiger partial charge in [-0.15, -0.1) is 12.4 Å². The molecule has 1 aliphatic heterocycles. The van der Waals surface area contributed by atoms with Gasteiger partial charge in [-0.2, -0.15) is 0 Å². The molecule has 0 radical (unpaired) electrons. The predicted molar refractivity (Wildman–Crippen MR) is 87.1 cm³/mol. The van der Waals surface area contributed by atoms with Crippen LogP contribution in [-0.2, 0) is 4.79 Å². The van der Waals surface area contributed by atoms with Crippen molar-refractivity contribution in [3.8, 4) is 0 Å². The zero-order valence-corrected chi connectivity index (χ0v) is 14.0. The van der Waals surface area contributed by atoms with Gasteiger partial charge in [0, 0.05) is 6.54 Å². The Bertz CT molecular complexity index is 268. The second-order valence-corrected chi connectivity index (χ2v) is 6.08. The molecule has 1 fully saturated rings. The first-order valence-corrected chi connectivity index (χ1v) is 7.80. The van der Waals surface area contributed by atoms with E-state index in [1.54, 1.807) is 0 Å². The first kappa shape index (κ1) is 19.7. The van der Waals surface area contributed by atoms with Crippen molar-refractivity contribution >= 4 is 18.3 Å². The van der Waals surface area contributed by atoms with Crippen LogP contribution in [-0.4, -0.2) is 43.0 Å². The van der Waals surface area contributed by atoms with E-state index in [4.69, 9.17) is 5.73 Å². The molecule has 1 rings (SSSR count). The zero-order chi connectivity index (χ0) is 14.3. The number of piperidine rings is 1. The summed E-state index contributed by atoms with van der Waals surface area (Å²) >= 11 is 0. The number of hydrogen-bond acceptors (Lipinski definition) is 3. The molecule has 3 N–H and O–H groups in total. The number of carbonyl (C=O) groups excluding carboxylic acids is 1. The van der Waals surface area contributed by atoms with Gasteiger partial charge in [0.05, 0.1) is 6.04 Å². The fraction of sp³-hybridized carbons (Fsp3) is 0.933. The Kier molecular flexibility index (Phi) is 10.2. The lowest BCUT2D eigenvalue weighted by molar-refractivity contribution is -0.123. The third-order valence-electron chi connectivity index (χ3n) is 4.39. The van der Waals surface area contributed by atoms with Crippen molar-refractivity contribution in [2.75, 3.05) is 26.2 Å². The van der Waals surface area contributed by atoms with Crippen LogP contribution in [0.1, 0.15) is 46.5 Å². The number of amides is 1. The lowest BCUT2D eigenvalue weighted by atomic mass is 9.99. The molecule has 4 nitrogen and oxygen atoms in total. The molecule has 2 atom stereocenters. The maximum absolute atomic E-state index is 11.8. The van der Waals surface area contributed by atoms with Gasteiger partial charge in [-0.1, -0.05) is 27.2 Å². The standard InChI is InChI=1S/C15H31N3O.ClH/c1-4-13(3)14(16)15(19)17-8-5-9-18-10-6-12(2)7-11-18;/h12-14H,4-11,16H2,1-3H3,(H,17,19);1H. The maximum Gasteiger partial charge on any atom is 0.237 e. The fourth-order valence-corrected chi connectivity index (χ4v) is 2.43. The summed E-state index contributed by atoms with van der Waals surface area (Å²) in [4.78, 5) is 14.3. The van der Waals surface area contributed by atoms with Crippen LogP contribution in [0.15, 0.2) is 0 Å². The Balaban J connectivity index is 0.00000361. The van der Waals surface area contributed by atoms with Crippen LogP contribution < -0.4 is 11.1 Å². The molecule has 2 unspecified atom stereocenters. The number of hydrogen-bond donors (Lipinski definition) is 2. The van der Waals surface area contributed by atoms with Gasteiger partial charge in [0.2, 0.25) is 5.91 Å². The van der Waals surface area contributed by atoms with E-state index >= 15 is 0 Å². The van der Waals surface area contributed by atoms with Crippen molar-refractivity contribution in [1.29, 1.82) is 0 Å². The predicted octanol–water partition coefficient (Wildman–Crippen LogP) is 2.02. The number of nitrogens with one attached hydrogen (secondary N) is 1. The first-order valence-electron chi connectivity index (χ1n) is 7.80. The Hall–Kier alpha value is -0.320. The van der Waals surface area contributed by atoms with Crippen molar-refractivity contribution in [1.82, 2.24) is 10.2 Å². The number of carbonyl (C=O) groups is 1. The number of likely N-dealkylation sites (tertiary alicyclic amines) is 1.